The number of nitrogens with zero attached hydrogens (tertiary/aromatic N) is 1. The fraction of sp³-hybridized carbons (Fsp3) is 0.167. The summed E-state index contributed by atoms with van der Waals surface area (Å²) in [6, 6.07) is 5.42. The molecule has 0 bridgehead atoms. The highest BCUT2D eigenvalue weighted by Crippen LogP contribution is 2.27. The minimum absolute atomic E-state index is 0.366. The van der Waals surface area contributed by atoms with Crippen LogP contribution in [-0.2, 0) is 0 Å². The van der Waals surface area contributed by atoms with E-state index in [-0.39, 0.29) is 0 Å². The van der Waals surface area contributed by atoms with E-state index in [4.69, 9.17) is 5.11 Å². The van der Waals surface area contributed by atoms with E-state index in [1.165, 1.54) is 11.8 Å². The monoisotopic (exact) mass is 233 g/mol. The summed E-state index contributed by atoms with van der Waals surface area (Å²) in [6.45, 7) is 2.00. The second kappa shape index (κ2) is 4.53. The molecule has 1 aromatic heterocycles. The van der Waals surface area contributed by atoms with Gasteiger partial charge in [0.15, 0.2) is 0 Å². The topological polar surface area (TPSA) is 50.2 Å². The minimum atomic E-state index is -0.880. The molecule has 0 atom stereocenters. The minimum Gasteiger partial charge on any atom is -0.478 e. The molecule has 1 N–H and O–H groups in total. The Bertz CT molecular complexity index is 540. The molecule has 0 spiro atoms. The van der Waals surface area contributed by atoms with Crippen molar-refractivity contribution in [3.8, 4) is 0 Å². The summed E-state index contributed by atoms with van der Waals surface area (Å²) in [4.78, 5) is 15.9. The fourth-order valence-corrected chi connectivity index (χ4v) is 2.38. The lowest BCUT2D eigenvalue weighted by molar-refractivity contribution is 0.0693. The lowest BCUT2D eigenvalue weighted by Gasteiger charge is -2.06. The van der Waals surface area contributed by atoms with Crippen molar-refractivity contribution < 1.29 is 9.90 Å². The number of aromatic carboxylic acids is 1. The van der Waals surface area contributed by atoms with Gasteiger partial charge in [-0.15, -0.1) is 11.8 Å². The van der Waals surface area contributed by atoms with Gasteiger partial charge in [0.1, 0.15) is 0 Å². The van der Waals surface area contributed by atoms with Crippen molar-refractivity contribution >= 4 is 28.5 Å². The Morgan fingerprint density at radius 1 is 1.44 bits per heavy atom. The molecule has 3 nitrogen and oxygen atoms in total. The number of hydrogen-bond acceptors (Lipinski definition) is 3. The van der Waals surface area contributed by atoms with Gasteiger partial charge in [0.05, 0.1) is 5.56 Å². The standard InChI is InChI=1S/C12H11NO2S/c1-2-16-11-6-9-7-13-4-3-8(9)5-10(11)12(14)15/h3-7H,2H2,1H3,(H,14,15). The average Bonchev–Trinajstić information content (AvgIpc) is 2.28. The van der Waals surface area contributed by atoms with Gasteiger partial charge < -0.3 is 5.11 Å². The number of carbonyl (C=O) groups is 1. The highest BCUT2D eigenvalue weighted by Gasteiger charge is 2.11. The average molecular weight is 233 g/mol. The number of benzene rings is 1. The fourth-order valence-electron chi connectivity index (χ4n) is 1.56. The Hall–Kier alpha value is -1.55. The van der Waals surface area contributed by atoms with Crippen molar-refractivity contribution in [2.75, 3.05) is 5.75 Å². The first-order valence-electron chi connectivity index (χ1n) is 4.96. The molecule has 1 heterocycles. The van der Waals surface area contributed by atoms with Crippen molar-refractivity contribution in [2.45, 2.75) is 11.8 Å². The second-order valence-electron chi connectivity index (χ2n) is 3.31. The number of carboxylic acids is 1. The number of pyridine rings is 1. The van der Waals surface area contributed by atoms with Crippen LogP contribution in [0.5, 0.6) is 0 Å². The predicted molar refractivity (Wildman–Crippen MR) is 65.1 cm³/mol. The third kappa shape index (κ3) is 2.02. The molecule has 0 aliphatic heterocycles. The van der Waals surface area contributed by atoms with Gasteiger partial charge in [-0.25, -0.2) is 4.79 Å². The maximum Gasteiger partial charge on any atom is 0.336 e. The van der Waals surface area contributed by atoms with Crippen LogP contribution < -0.4 is 0 Å². The zero-order chi connectivity index (χ0) is 11.5. The molecule has 0 aliphatic carbocycles. The van der Waals surface area contributed by atoms with Gasteiger partial charge in [0, 0.05) is 22.7 Å². The highest BCUT2D eigenvalue weighted by atomic mass is 32.2. The highest BCUT2D eigenvalue weighted by molar-refractivity contribution is 7.99. The van der Waals surface area contributed by atoms with Gasteiger partial charge in [0.2, 0.25) is 0 Å². The second-order valence-corrected chi connectivity index (χ2v) is 4.62. The van der Waals surface area contributed by atoms with Crippen LogP contribution in [0.15, 0.2) is 35.5 Å². The van der Waals surface area contributed by atoms with E-state index in [1.54, 1.807) is 18.5 Å². The molecule has 2 aromatic rings. The van der Waals surface area contributed by atoms with Crippen LogP contribution in [0.1, 0.15) is 17.3 Å². The smallest absolute Gasteiger partial charge is 0.336 e. The number of carboxylic acid groups (broad SMARTS) is 1. The van der Waals surface area contributed by atoms with Gasteiger partial charge in [-0.1, -0.05) is 6.92 Å². The first kappa shape index (κ1) is 11.0. The maximum atomic E-state index is 11.1. The number of fused-ring (bicyclic) bond motifs is 1. The first-order chi connectivity index (χ1) is 7.72. The van der Waals surface area contributed by atoms with Crippen LogP contribution in [0.4, 0.5) is 0 Å². The molecular formula is C12H11NO2S. The van der Waals surface area contributed by atoms with Crippen molar-refractivity contribution in [3.63, 3.8) is 0 Å². The predicted octanol–water partition coefficient (Wildman–Crippen LogP) is 3.05. The molecule has 0 saturated heterocycles. The lowest BCUT2D eigenvalue weighted by atomic mass is 10.1. The van der Waals surface area contributed by atoms with Crippen molar-refractivity contribution in [2.24, 2.45) is 0 Å². The molecule has 0 radical (unpaired) electrons. The van der Waals surface area contributed by atoms with E-state index < -0.39 is 5.97 Å². The van der Waals surface area contributed by atoms with Crippen molar-refractivity contribution in [1.82, 2.24) is 4.98 Å². The largest absolute Gasteiger partial charge is 0.478 e. The number of hydrogen-bond donors (Lipinski definition) is 1. The summed E-state index contributed by atoms with van der Waals surface area (Å²) in [5.74, 6) is -0.0267. The summed E-state index contributed by atoms with van der Waals surface area (Å²) < 4.78 is 0. The summed E-state index contributed by atoms with van der Waals surface area (Å²) >= 11 is 1.54. The van der Waals surface area contributed by atoms with Crippen molar-refractivity contribution in [1.29, 1.82) is 0 Å². The molecular weight excluding hydrogens is 222 g/mol. The maximum absolute atomic E-state index is 11.1. The van der Waals surface area contributed by atoms with E-state index in [2.05, 4.69) is 4.98 Å². The zero-order valence-corrected chi connectivity index (χ0v) is 9.62. The summed E-state index contributed by atoms with van der Waals surface area (Å²) in [6.07, 6.45) is 3.42. The lowest BCUT2D eigenvalue weighted by Crippen LogP contribution is -1.99. The van der Waals surface area contributed by atoms with E-state index in [1.807, 2.05) is 19.1 Å². The van der Waals surface area contributed by atoms with E-state index in [9.17, 15) is 4.79 Å². The van der Waals surface area contributed by atoms with Crippen LogP contribution in [-0.4, -0.2) is 21.8 Å². The number of aromatic nitrogens is 1. The Morgan fingerprint density at radius 2 is 2.25 bits per heavy atom. The van der Waals surface area contributed by atoms with Crippen molar-refractivity contribution in [3.05, 3.63) is 36.2 Å². The molecule has 1 aromatic carbocycles. The van der Waals surface area contributed by atoms with Gasteiger partial charge in [-0.05, 0) is 29.3 Å². The normalized spacial score (nSPS) is 10.6. The van der Waals surface area contributed by atoms with Crippen LogP contribution >= 0.6 is 11.8 Å². The third-order valence-electron chi connectivity index (χ3n) is 2.27. The SMILES string of the molecule is CCSc1cc2cnccc2cc1C(=O)O. The first-order valence-corrected chi connectivity index (χ1v) is 5.95. The van der Waals surface area contributed by atoms with Gasteiger partial charge >= 0.3 is 5.97 Å². The Morgan fingerprint density at radius 3 is 2.94 bits per heavy atom. The number of thioether (sulfide) groups is 1. The van der Waals surface area contributed by atoms with Gasteiger partial charge in [0.25, 0.3) is 0 Å². The Balaban J connectivity index is 2.65. The number of rotatable bonds is 3. The summed E-state index contributed by atoms with van der Waals surface area (Å²) in [5.41, 5.74) is 0.366. The third-order valence-corrected chi connectivity index (χ3v) is 3.21. The van der Waals surface area contributed by atoms with E-state index in [0.29, 0.717) is 5.56 Å². The van der Waals surface area contributed by atoms with Crippen LogP contribution in [0.25, 0.3) is 10.8 Å². The van der Waals surface area contributed by atoms with E-state index in [0.717, 1.165) is 21.4 Å². The summed E-state index contributed by atoms with van der Waals surface area (Å²) in [7, 11) is 0. The quantitative estimate of drug-likeness (QED) is 0.828. The van der Waals surface area contributed by atoms with Gasteiger partial charge in [-0.3, -0.25) is 4.98 Å². The van der Waals surface area contributed by atoms with Crippen LogP contribution in [0.2, 0.25) is 0 Å². The molecule has 0 amide bonds. The Kier molecular flexibility index (Phi) is 3.10. The molecule has 82 valence electrons. The molecule has 16 heavy (non-hydrogen) atoms. The molecule has 0 aliphatic rings. The molecule has 0 saturated carbocycles. The van der Waals surface area contributed by atoms with E-state index >= 15 is 0 Å². The molecule has 0 fully saturated rings. The zero-order valence-electron chi connectivity index (χ0n) is 8.80. The van der Waals surface area contributed by atoms with Crippen LogP contribution in [0.3, 0.4) is 0 Å². The molecule has 2 rings (SSSR count). The summed E-state index contributed by atoms with van der Waals surface area (Å²) in [5, 5.41) is 11.0. The molecule has 0 unspecified atom stereocenters. The van der Waals surface area contributed by atoms with Crippen LogP contribution in [0, 0.1) is 0 Å². The Labute approximate surface area is 97.5 Å². The molecule has 4 heteroatoms. The van der Waals surface area contributed by atoms with Gasteiger partial charge in [-0.2, -0.15) is 0 Å².